The molecule has 1 aliphatic rings. The van der Waals surface area contributed by atoms with Gasteiger partial charge in [0.1, 0.15) is 0 Å². The Bertz CT molecular complexity index is 450. The maximum absolute atomic E-state index is 11.9. The highest BCUT2D eigenvalue weighted by atomic mass is 16.4. The smallest absolute Gasteiger partial charge is 0.335 e. The van der Waals surface area contributed by atoms with E-state index >= 15 is 0 Å². The Balaban J connectivity index is 1.84. The second kappa shape index (κ2) is 6.33. The first-order valence-electron chi connectivity index (χ1n) is 6.47. The molecule has 0 saturated carbocycles. The lowest BCUT2D eigenvalue weighted by atomic mass is 9.99. The standard InChI is InChI=1S/C14H18N2O3/c17-13(12-2-1-7-15-9-12)16-8-10-3-5-11(6-4-10)14(18)19/h3-6,12,15H,1-2,7-9H2,(H,16,17)(H,18,19). The van der Waals surface area contributed by atoms with Crippen LogP contribution in [0.4, 0.5) is 0 Å². The Labute approximate surface area is 112 Å². The van der Waals surface area contributed by atoms with Crippen molar-refractivity contribution >= 4 is 11.9 Å². The third kappa shape index (κ3) is 3.79. The Morgan fingerprint density at radius 2 is 2.05 bits per heavy atom. The number of carboxylic acids is 1. The Morgan fingerprint density at radius 3 is 2.63 bits per heavy atom. The van der Waals surface area contributed by atoms with Crippen LogP contribution < -0.4 is 10.6 Å². The maximum Gasteiger partial charge on any atom is 0.335 e. The molecule has 2 rings (SSSR count). The average molecular weight is 262 g/mol. The van der Waals surface area contributed by atoms with Gasteiger partial charge in [-0.1, -0.05) is 12.1 Å². The molecule has 5 heteroatoms. The Morgan fingerprint density at radius 1 is 1.32 bits per heavy atom. The van der Waals surface area contributed by atoms with Crippen molar-refractivity contribution in [3.8, 4) is 0 Å². The van der Waals surface area contributed by atoms with Gasteiger partial charge in [0.05, 0.1) is 11.5 Å². The van der Waals surface area contributed by atoms with Gasteiger partial charge in [0.15, 0.2) is 0 Å². The van der Waals surface area contributed by atoms with Gasteiger partial charge in [-0.2, -0.15) is 0 Å². The summed E-state index contributed by atoms with van der Waals surface area (Å²) < 4.78 is 0. The molecule has 19 heavy (non-hydrogen) atoms. The molecule has 1 heterocycles. The van der Waals surface area contributed by atoms with E-state index in [9.17, 15) is 9.59 Å². The fourth-order valence-corrected chi connectivity index (χ4v) is 2.17. The molecule has 3 N–H and O–H groups in total. The minimum atomic E-state index is -0.941. The quantitative estimate of drug-likeness (QED) is 0.756. The van der Waals surface area contributed by atoms with E-state index in [1.807, 2.05) is 0 Å². The van der Waals surface area contributed by atoms with Gasteiger partial charge in [0.2, 0.25) is 5.91 Å². The van der Waals surface area contributed by atoms with Crippen molar-refractivity contribution < 1.29 is 14.7 Å². The third-order valence-electron chi connectivity index (χ3n) is 3.34. The molecular weight excluding hydrogens is 244 g/mol. The van der Waals surface area contributed by atoms with Crippen LogP contribution in [-0.2, 0) is 11.3 Å². The van der Waals surface area contributed by atoms with Crippen LogP contribution >= 0.6 is 0 Å². The van der Waals surface area contributed by atoms with Gasteiger partial charge in [0.25, 0.3) is 0 Å². The van der Waals surface area contributed by atoms with E-state index < -0.39 is 5.97 Å². The van der Waals surface area contributed by atoms with E-state index in [1.165, 1.54) is 0 Å². The van der Waals surface area contributed by atoms with Crippen molar-refractivity contribution in [1.29, 1.82) is 0 Å². The molecule has 0 aromatic heterocycles. The largest absolute Gasteiger partial charge is 0.478 e. The number of carbonyl (C=O) groups is 2. The molecular formula is C14H18N2O3. The third-order valence-corrected chi connectivity index (χ3v) is 3.34. The molecule has 1 saturated heterocycles. The lowest BCUT2D eigenvalue weighted by molar-refractivity contribution is -0.125. The molecule has 1 atom stereocenters. The summed E-state index contributed by atoms with van der Waals surface area (Å²) in [7, 11) is 0. The van der Waals surface area contributed by atoms with E-state index in [2.05, 4.69) is 10.6 Å². The zero-order valence-corrected chi connectivity index (χ0v) is 10.7. The number of rotatable bonds is 4. The predicted octanol–water partition coefficient (Wildman–Crippen LogP) is 1.00. The first-order chi connectivity index (χ1) is 9.16. The minimum absolute atomic E-state index is 0.0482. The predicted molar refractivity (Wildman–Crippen MR) is 70.8 cm³/mol. The normalized spacial score (nSPS) is 18.8. The number of amides is 1. The first-order valence-corrected chi connectivity index (χ1v) is 6.47. The molecule has 102 valence electrons. The highest BCUT2D eigenvalue weighted by Gasteiger charge is 2.20. The first kappa shape index (κ1) is 13.5. The van der Waals surface area contributed by atoms with Crippen LogP contribution in [-0.4, -0.2) is 30.1 Å². The van der Waals surface area contributed by atoms with Crippen molar-refractivity contribution in [2.24, 2.45) is 5.92 Å². The van der Waals surface area contributed by atoms with Gasteiger partial charge in [-0.25, -0.2) is 4.79 Å². The molecule has 1 aromatic rings. The van der Waals surface area contributed by atoms with Gasteiger partial charge in [-0.15, -0.1) is 0 Å². The van der Waals surface area contributed by atoms with Gasteiger partial charge >= 0.3 is 5.97 Å². The van der Waals surface area contributed by atoms with Crippen LogP contribution in [0.3, 0.4) is 0 Å². The summed E-state index contributed by atoms with van der Waals surface area (Å²) in [6.45, 7) is 2.17. The number of nitrogens with one attached hydrogen (secondary N) is 2. The summed E-state index contributed by atoms with van der Waals surface area (Å²) in [6, 6.07) is 6.55. The summed E-state index contributed by atoms with van der Waals surface area (Å²) in [5.41, 5.74) is 1.16. The van der Waals surface area contributed by atoms with E-state index in [4.69, 9.17) is 5.11 Å². The summed E-state index contributed by atoms with van der Waals surface area (Å²) in [5.74, 6) is -0.828. The number of carbonyl (C=O) groups excluding carboxylic acids is 1. The van der Waals surface area contributed by atoms with Crippen LogP contribution in [0.25, 0.3) is 0 Å². The fraction of sp³-hybridized carbons (Fsp3) is 0.429. The van der Waals surface area contributed by atoms with Crippen LogP contribution in [0.5, 0.6) is 0 Å². The van der Waals surface area contributed by atoms with Crippen molar-refractivity contribution in [3.05, 3.63) is 35.4 Å². The van der Waals surface area contributed by atoms with E-state index in [0.717, 1.165) is 31.5 Å². The number of aromatic carboxylic acids is 1. The van der Waals surface area contributed by atoms with Crippen molar-refractivity contribution in [2.45, 2.75) is 19.4 Å². The van der Waals surface area contributed by atoms with E-state index in [-0.39, 0.29) is 17.4 Å². The molecule has 0 bridgehead atoms. The van der Waals surface area contributed by atoms with Crippen LogP contribution in [0.2, 0.25) is 0 Å². The minimum Gasteiger partial charge on any atom is -0.478 e. The number of hydrogen-bond acceptors (Lipinski definition) is 3. The second-order valence-electron chi connectivity index (χ2n) is 4.76. The van der Waals surface area contributed by atoms with Crippen LogP contribution in [0, 0.1) is 5.92 Å². The summed E-state index contributed by atoms with van der Waals surface area (Å²) in [4.78, 5) is 22.6. The number of benzene rings is 1. The highest BCUT2D eigenvalue weighted by molar-refractivity contribution is 5.87. The lowest BCUT2D eigenvalue weighted by Gasteiger charge is -2.21. The number of hydrogen-bond donors (Lipinski definition) is 3. The Kier molecular flexibility index (Phi) is 4.52. The van der Waals surface area contributed by atoms with Crippen molar-refractivity contribution in [3.63, 3.8) is 0 Å². The zero-order valence-electron chi connectivity index (χ0n) is 10.7. The SMILES string of the molecule is O=C(O)c1ccc(CNC(=O)C2CCCNC2)cc1. The molecule has 0 spiro atoms. The van der Waals surface area contributed by atoms with Crippen molar-refractivity contribution in [2.75, 3.05) is 13.1 Å². The molecule has 1 amide bonds. The van der Waals surface area contributed by atoms with Crippen LogP contribution in [0.1, 0.15) is 28.8 Å². The lowest BCUT2D eigenvalue weighted by Crippen LogP contribution is -2.40. The molecule has 1 aromatic carbocycles. The molecule has 1 aliphatic heterocycles. The zero-order chi connectivity index (χ0) is 13.7. The average Bonchev–Trinajstić information content (AvgIpc) is 2.46. The van der Waals surface area contributed by atoms with Gasteiger partial charge in [0, 0.05) is 13.1 Å². The highest BCUT2D eigenvalue weighted by Crippen LogP contribution is 2.10. The summed E-state index contributed by atoms with van der Waals surface area (Å²) >= 11 is 0. The van der Waals surface area contributed by atoms with Gasteiger partial charge in [-0.05, 0) is 37.1 Å². The van der Waals surface area contributed by atoms with Crippen molar-refractivity contribution in [1.82, 2.24) is 10.6 Å². The molecule has 0 radical (unpaired) electrons. The monoisotopic (exact) mass is 262 g/mol. The second-order valence-corrected chi connectivity index (χ2v) is 4.76. The molecule has 5 nitrogen and oxygen atoms in total. The molecule has 1 fully saturated rings. The van der Waals surface area contributed by atoms with Gasteiger partial charge in [-0.3, -0.25) is 4.79 Å². The van der Waals surface area contributed by atoms with Gasteiger partial charge < -0.3 is 15.7 Å². The summed E-state index contributed by atoms with van der Waals surface area (Å²) in [5, 5.41) is 14.9. The maximum atomic E-state index is 11.9. The Hall–Kier alpha value is -1.88. The fourth-order valence-electron chi connectivity index (χ4n) is 2.17. The number of carboxylic acid groups (broad SMARTS) is 1. The summed E-state index contributed by atoms with van der Waals surface area (Å²) in [6.07, 6.45) is 1.96. The topological polar surface area (TPSA) is 78.4 Å². The van der Waals surface area contributed by atoms with E-state index in [1.54, 1.807) is 24.3 Å². The number of piperidine rings is 1. The molecule has 1 unspecified atom stereocenters. The van der Waals surface area contributed by atoms with Crippen LogP contribution in [0.15, 0.2) is 24.3 Å². The molecule has 0 aliphatic carbocycles. The van der Waals surface area contributed by atoms with E-state index in [0.29, 0.717) is 6.54 Å².